The number of benzene rings is 1. The minimum absolute atomic E-state index is 0.0569. The summed E-state index contributed by atoms with van der Waals surface area (Å²) in [5.74, 6) is 0.685. The predicted octanol–water partition coefficient (Wildman–Crippen LogP) is 2.89. The van der Waals surface area contributed by atoms with Crippen LogP contribution in [0.1, 0.15) is 62.9 Å². The first kappa shape index (κ1) is 24.5. The SMILES string of the molecule is CCNC(=NCc1cccc(C(=O)NC(C)CC)c1)NC1CCN(C(=O)OCC)CC1. The van der Waals surface area contributed by atoms with Crippen LogP contribution in [0.4, 0.5) is 4.79 Å². The predicted molar refractivity (Wildman–Crippen MR) is 123 cm³/mol. The van der Waals surface area contributed by atoms with Crippen molar-refractivity contribution in [3.8, 4) is 0 Å². The maximum absolute atomic E-state index is 12.4. The number of rotatable bonds is 8. The molecule has 1 fully saturated rings. The van der Waals surface area contributed by atoms with E-state index in [4.69, 9.17) is 9.73 Å². The molecule has 1 aromatic carbocycles. The molecule has 1 saturated heterocycles. The molecule has 1 unspecified atom stereocenters. The summed E-state index contributed by atoms with van der Waals surface area (Å²) in [5, 5.41) is 9.75. The van der Waals surface area contributed by atoms with Crippen molar-refractivity contribution < 1.29 is 14.3 Å². The molecular weight excluding hydrogens is 394 g/mol. The molecule has 1 aliphatic heterocycles. The average molecular weight is 432 g/mol. The fourth-order valence-electron chi connectivity index (χ4n) is 3.32. The van der Waals surface area contributed by atoms with Gasteiger partial charge < -0.3 is 25.6 Å². The van der Waals surface area contributed by atoms with E-state index >= 15 is 0 Å². The fourth-order valence-corrected chi connectivity index (χ4v) is 3.32. The van der Waals surface area contributed by atoms with Crippen LogP contribution in [0, 0.1) is 0 Å². The summed E-state index contributed by atoms with van der Waals surface area (Å²) in [5.41, 5.74) is 1.63. The molecule has 2 amide bonds. The van der Waals surface area contributed by atoms with Gasteiger partial charge in [0.25, 0.3) is 5.91 Å². The van der Waals surface area contributed by atoms with Crippen molar-refractivity contribution in [2.45, 2.75) is 65.6 Å². The Morgan fingerprint density at radius 3 is 2.61 bits per heavy atom. The number of carbonyl (C=O) groups excluding carboxylic acids is 2. The van der Waals surface area contributed by atoms with Crippen molar-refractivity contribution in [2.75, 3.05) is 26.2 Å². The van der Waals surface area contributed by atoms with Crippen LogP contribution >= 0.6 is 0 Å². The third-order valence-electron chi connectivity index (χ3n) is 5.30. The lowest BCUT2D eigenvalue weighted by atomic mass is 10.1. The number of piperidine rings is 1. The molecule has 1 atom stereocenters. The summed E-state index contributed by atoms with van der Waals surface area (Å²) in [6.45, 7) is 10.9. The zero-order valence-electron chi connectivity index (χ0n) is 19.2. The number of guanidine groups is 1. The molecule has 1 aliphatic rings. The molecule has 0 aliphatic carbocycles. The Labute approximate surface area is 185 Å². The highest BCUT2D eigenvalue weighted by atomic mass is 16.6. The van der Waals surface area contributed by atoms with E-state index in [1.165, 1.54) is 0 Å². The van der Waals surface area contributed by atoms with Gasteiger partial charge in [-0.2, -0.15) is 0 Å². The Morgan fingerprint density at radius 1 is 1.23 bits per heavy atom. The van der Waals surface area contributed by atoms with E-state index in [-0.39, 0.29) is 24.1 Å². The van der Waals surface area contributed by atoms with E-state index in [0.717, 1.165) is 37.3 Å². The largest absolute Gasteiger partial charge is 0.450 e. The van der Waals surface area contributed by atoms with Gasteiger partial charge in [-0.3, -0.25) is 4.79 Å². The van der Waals surface area contributed by atoms with Gasteiger partial charge >= 0.3 is 6.09 Å². The van der Waals surface area contributed by atoms with Gasteiger partial charge in [0.05, 0.1) is 13.2 Å². The van der Waals surface area contributed by atoms with E-state index in [1.54, 1.807) is 4.90 Å². The minimum Gasteiger partial charge on any atom is -0.450 e. The Bertz CT molecular complexity index is 744. The second kappa shape index (κ2) is 12.8. The molecule has 3 N–H and O–H groups in total. The third-order valence-corrected chi connectivity index (χ3v) is 5.30. The highest BCUT2D eigenvalue weighted by molar-refractivity contribution is 5.94. The topological polar surface area (TPSA) is 95.1 Å². The molecule has 0 radical (unpaired) electrons. The average Bonchev–Trinajstić information content (AvgIpc) is 2.78. The molecule has 2 rings (SSSR count). The molecule has 1 aromatic rings. The normalized spacial score (nSPS) is 15.9. The fraction of sp³-hybridized carbons (Fsp3) is 0.609. The van der Waals surface area contributed by atoms with Crippen LogP contribution in [0.5, 0.6) is 0 Å². The number of aliphatic imine (C=N–C) groups is 1. The standard InChI is InChI=1S/C23H37N5O3/c1-5-17(4)26-21(29)19-10-8-9-18(15-19)16-25-22(24-6-2)27-20-11-13-28(14-12-20)23(30)31-7-3/h8-10,15,17,20H,5-7,11-14,16H2,1-4H3,(H,26,29)(H2,24,25,27). The van der Waals surface area contributed by atoms with Crippen LogP contribution in [0.15, 0.2) is 29.3 Å². The van der Waals surface area contributed by atoms with E-state index in [2.05, 4.69) is 16.0 Å². The molecular formula is C23H37N5O3. The van der Waals surface area contributed by atoms with Crippen LogP contribution < -0.4 is 16.0 Å². The van der Waals surface area contributed by atoms with Gasteiger partial charge in [-0.15, -0.1) is 0 Å². The van der Waals surface area contributed by atoms with Crippen LogP contribution in [-0.2, 0) is 11.3 Å². The second-order valence-corrected chi connectivity index (χ2v) is 7.78. The van der Waals surface area contributed by atoms with E-state index < -0.39 is 0 Å². The van der Waals surface area contributed by atoms with Crippen molar-refractivity contribution in [3.05, 3.63) is 35.4 Å². The summed E-state index contributed by atoms with van der Waals surface area (Å²) in [6.07, 6.45) is 2.34. The van der Waals surface area contributed by atoms with Crippen LogP contribution in [0.25, 0.3) is 0 Å². The minimum atomic E-state index is -0.237. The number of ether oxygens (including phenoxy) is 1. The quantitative estimate of drug-likeness (QED) is 0.435. The van der Waals surface area contributed by atoms with E-state index in [1.807, 2.05) is 52.0 Å². The van der Waals surface area contributed by atoms with Crippen molar-refractivity contribution in [1.29, 1.82) is 0 Å². The van der Waals surface area contributed by atoms with E-state index in [0.29, 0.717) is 31.8 Å². The maximum Gasteiger partial charge on any atom is 0.409 e. The molecule has 0 spiro atoms. The number of likely N-dealkylation sites (tertiary alicyclic amines) is 1. The second-order valence-electron chi connectivity index (χ2n) is 7.78. The third kappa shape index (κ3) is 8.11. The number of hydrogen-bond donors (Lipinski definition) is 3. The first-order chi connectivity index (χ1) is 15.0. The Balaban J connectivity index is 1.94. The van der Waals surface area contributed by atoms with Gasteiger partial charge in [0.15, 0.2) is 5.96 Å². The molecule has 31 heavy (non-hydrogen) atoms. The lowest BCUT2D eigenvalue weighted by molar-refractivity contribution is 0.0936. The number of nitrogens with one attached hydrogen (secondary N) is 3. The number of carbonyl (C=O) groups is 2. The smallest absolute Gasteiger partial charge is 0.409 e. The zero-order chi connectivity index (χ0) is 22.6. The molecule has 0 bridgehead atoms. The summed E-state index contributed by atoms with van der Waals surface area (Å²) in [7, 11) is 0. The lowest BCUT2D eigenvalue weighted by Crippen LogP contribution is -2.49. The highest BCUT2D eigenvalue weighted by Crippen LogP contribution is 2.12. The van der Waals surface area contributed by atoms with Crippen LogP contribution in [0.2, 0.25) is 0 Å². The highest BCUT2D eigenvalue weighted by Gasteiger charge is 2.24. The van der Waals surface area contributed by atoms with Crippen molar-refractivity contribution in [2.24, 2.45) is 4.99 Å². The first-order valence-corrected chi connectivity index (χ1v) is 11.3. The Kier molecular flexibility index (Phi) is 10.1. The van der Waals surface area contributed by atoms with Crippen LogP contribution in [-0.4, -0.2) is 61.2 Å². The van der Waals surface area contributed by atoms with Gasteiger partial charge in [-0.25, -0.2) is 9.79 Å². The Morgan fingerprint density at radius 2 is 1.97 bits per heavy atom. The number of amides is 2. The molecule has 1 heterocycles. The summed E-state index contributed by atoms with van der Waals surface area (Å²) >= 11 is 0. The lowest BCUT2D eigenvalue weighted by Gasteiger charge is -2.32. The molecule has 0 saturated carbocycles. The van der Waals surface area contributed by atoms with Crippen molar-refractivity contribution in [3.63, 3.8) is 0 Å². The molecule has 0 aromatic heterocycles. The molecule has 172 valence electrons. The summed E-state index contributed by atoms with van der Waals surface area (Å²) in [4.78, 5) is 30.7. The molecule has 8 nitrogen and oxygen atoms in total. The monoisotopic (exact) mass is 431 g/mol. The zero-order valence-corrected chi connectivity index (χ0v) is 19.2. The first-order valence-electron chi connectivity index (χ1n) is 11.3. The number of hydrogen-bond acceptors (Lipinski definition) is 4. The van der Waals surface area contributed by atoms with Crippen LogP contribution in [0.3, 0.4) is 0 Å². The Hall–Kier alpha value is -2.77. The van der Waals surface area contributed by atoms with E-state index in [9.17, 15) is 9.59 Å². The van der Waals surface area contributed by atoms with Gasteiger partial charge in [0, 0.05) is 37.3 Å². The number of nitrogens with zero attached hydrogens (tertiary/aromatic N) is 2. The van der Waals surface area contributed by atoms with Gasteiger partial charge in [-0.1, -0.05) is 19.1 Å². The van der Waals surface area contributed by atoms with Gasteiger partial charge in [0.1, 0.15) is 0 Å². The van der Waals surface area contributed by atoms with Crippen molar-refractivity contribution >= 4 is 18.0 Å². The maximum atomic E-state index is 12.4. The van der Waals surface area contributed by atoms with Crippen molar-refractivity contribution in [1.82, 2.24) is 20.9 Å². The molecule has 8 heteroatoms. The summed E-state index contributed by atoms with van der Waals surface area (Å²) in [6, 6.07) is 7.98. The summed E-state index contributed by atoms with van der Waals surface area (Å²) < 4.78 is 5.08. The van der Waals surface area contributed by atoms with Gasteiger partial charge in [0.2, 0.25) is 0 Å². The van der Waals surface area contributed by atoms with Gasteiger partial charge in [-0.05, 0) is 57.7 Å².